The third kappa shape index (κ3) is 2.71. The molecule has 1 aliphatic rings. The van der Waals surface area contributed by atoms with E-state index in [1.54, 1.807) is 12.1 Å². The molecule has 0 amide bonds. The summed E-state index contributed by atoms with van der Waals surface area (Å²) in [5.41, 5.74) is 1.16. The van der Waals surface area contributed by atoms with Crippen molar-refractivity contribution < 1.29 is 13.5 Å². The number of rotatable bonds is 5. The normalized spacial score (nSPS) is 15.8. The average molecular weight is 225 g/mol. The van der Waals surface area contributed by atoms with Crippen molar-refractivity contribution in [3.8, 4) is 5.75 Å². The summed E-state index contributed by atoms with van der Waals surface area (Å²) in [6, 6.07) is 6.96. The second kappa shape index (κ2) is 4.81. The van der Waals surface area contributed by atoms with Gasteiger partial charge in [0.15, 0.2) is 0 Å². The van der Waals surface area contributed by atoms with Gasteiger partial charge in [0.05, 0.1) is 0 Å². The zero-order valence-electron chi connectivity index (χ0n) is 9.25. The van der Waals surface area contributed by atoms with Gasteiger partial charge in [0.1, 0.15) is 5.75 Å². The Morgan fingerprint density at radius 2 is 1.94 bits per heavy atom. The van der Waals surface area contributed by atoms with Gasteiger partial charge < -0.3 is 4.74 Å². The van der Waals surface area contributed by atoms with E-state index in [0.717, 1.165) is 12.0 Å². The van der Waals surface area contributed by atoms with Crippen molar-refractivity contribution in [2.75, 3.05) is 0 Å². The SMILES string of the molecule is CC[C](c1ccc(OC(F)F)cc1)C1CC1. The summed E-state index contributed by atoms with van der Waals surface area (Å²) in [5.74, 6) is 2.38. The molecule has 1 aliphatic carbocycles. The Balaban J connectivity index is 2.05. The van der Waals surface area contributed by atoms with Crippen molar-refractivity contribution in [1.29, 1.82) is 0 Å². The molecule has 0 bridgehead atoms. The molecule has 0 heterocycles. The molecule has 1 radical (unpaired) electrons. The molecule has 0 atom stereocenters. The lowest BCUT2D eigenvalue weighted by Gasteiger charge is -2.14. The van der Waals surface area contributed by atoms with Gasteiger partial charge in [0, 0.05) is 5.92 Å². The van der Waals surface area contributed by atoms with Crippen molar-refractivity contribution in [3.05, 3.63) is 35.7 Å². The Bertz CT molecular complexity index is 330. The maximum absolute atomic E-state index is 12.0. The van der Waals surface area contributed by atoms with Crippen LogP contribution in [0.15, 0.2) is 24.3 Å². The van der Waals surface area contributed by atoms with Gasteiger partial charge in [-0.25, -0.2) is 0 Å². The van der Waals surface area contributed by atoms with Crippen LogP contribution in [0, 0.1) is 11.8 Å². The molecular formula is C13H15F2O. The number of ether oxygens (including phenoxy) is 1. The van der Waals surface area contributed by atoms with Crippen molar-refractivity contribution in [1.82, 2.24) is 0 Å². The van der Waals surface area contributed by atoms with Crippen LogP contribution in [-0.4, -0.2) is 6.61 Å². The van der Waals surface area contributed by atoms with Crippen LogP contribution < -0.4 is 4.74 Å². The molecule has 1 aromatic carbocycles. The highest BCUT2D eigenvalue weighted by Crippen LogP contribution is 2.43. The highest BCUT2D eigenvalue weighted by atomic mass is 19.3. The van der Waals surface area contributed by atoms with E-state index in [9.17, 15) is 8.78 Å². The van der Waals surface area contributed by atoms with Crippen LogP contribution in [0.2, 0.25) is 0 Å². The third-order valence-corrected chi connectivity index (χ3v) is 2.90. The van der Waals surface area contributed by atoms with Crippen LogP contribution in [0.4, 0.5) is 8.78 Å². The van der Waals surface area contributed by atoms with E-state index >= 15 is 0 Å². The molecule has 0 aliphatic heterocycles. The zero-order chi connectivity index (χ0) is 11.5. The fourth-order valence-corrected chi connectivity index (χ4v) is 2.01. The Kier molecular flexibility index (Phi) is 3.42. The van der Waals surface area contributed by atoms with Gasteiger partial charge in [-0.15, -0.1) is 0 Å². The van der Waals surface area contributed by atoms with Gasteiger partial charge in [-0.1, -0.05) is 19.1 Å². The Labute approximate surface area is 94.4 Å². The number of hydrogen-bond acceptors (Lipinski definition) is 1. The summed E-state index contributed by atoms with van der Waals surface area (Å²) in [6.45, 7) is -0.610. The van der Waals surface area contributed by atoms with E-state index in [-0.39, 0.29) is 5.75 Å². The Morgan fingerprint density at radius 3 is 2.38 bits per heavy atom. The van der Waals surface area contributed by atoms with Crippen LogP contribution in [-0.2, 0) is 0 Å². The first-order valence-corrected chi connectivity index (χ1v) is 5.61. The minimum atomic E-state index is -2.75. The van der Waals surface area contributed by atoms with E-state index in [1.807, 2.05) is 12.1 Å². The van der Waals surface area contributed by atoms with E-state index in [2.05, 4.69) is 11.7 Å². The topological polar surface area (TPSA) is 9.23 Å². The molecule has 1 saturated carbocycles. The third-order valence-electron chi connectivity index (χ3n) is 2.90. The minimum Gasteiger partial charge on any atom is -0.435 e. The molecule has 2 rings (SSSR count). The summed E-state index contributed by atoms with van der Waals surface area (Å²) in [7, 11) is 0. The molecule has 0 unspecified atom stereocenters. The number of alkyl halides is 2. The predicted molar refractivity (Wildman–Crippen MR) is 58.4 cm³/mol. The van der Waals surface area contributed by atoms with E-state index in [0.29, 0.717) is 5.92 Å². The summed E-state index contributed by atoms with van der Waals surface area (Å²) in [6.07, 6.45) is 3.55. The Morgan fingerprint density at radius 1 is 1.31 bits per heavy atom. The van der Waals surface area contributed by atoms with Crippen LogP contribution >= 0.6 is 0 Å². The van der Waals surface area contributed by atoms with Gasteiger partial charge in [-0.2, -0.15) is 8.78 Å². The lowest BCUT2D eigenvalue weighted by molar-refractivity contribution is -0.0498. The van der Waals surface area contributed by atoms with Crippen molar-refractivity contribution in [2.24, 2.45) is 5.92 Å². The van der Waals surface area contributed by atoms with Crippen LogP contribution in [0.25, 0.3) is 0 Å². The smallest absolute Gasteiger partial charge is 0.387 e. The van der Waals surface area contributed by atoms with Crippen molar-refractivity contribution in [2.45, 2.75) is 32.8 Å². The maximum Gasteiger partial charge on any atom is 0.387 e. The number of hydrogen-bond donors (Lipinski definition) is 0. The minimum absolute atomic E-state index is 0.227. The standard InChI is InChI=1S/C13H15F2O/c1-2-12(9-3-4-9)10-5-7-11(8-6-10)16-13(14)15/h5-9,13H,2-4H2,1H3. The average Bonchev–Trinajstić information content (AvgIpc) is 3.05. The molecule has 0 aromatic heterocycles. The molecule has 1 aromatic rings. The van der Waals surface area contributed by atoms with Crippen molar-refractivity contribution >= 4 is 0 Å². The summed E-state index contributed by atoms with van der Waals surface area (Å²) in [5, 5.41) is 0. The lowest BCUT2D eigenvalue weighted by atomic mass is 9.92. The Hall–Kier alpha value is -1.12. The highest BCUT2D eigenvalue weighted by Gasteiger charge is 2.31. The molecule has 16 heavy (non-hydrogen) atoms. The number of benzene rings is 1. The largest absolute Gasteiger partial charge is 0.435 e. The molecule has 87 valence electrons. The molecular weight excluding hydrogens is 210 g/mol. The highest BCUT2D eigenvalue weighted by molar-refractivity contribution is 5.37. The van der Waals surface area contributed by atoms with Crippen LogP contribution in [0.5, 0.6) is 5.75 Å². The fourth-order valence-electron chi connectivity index (χ4n) is 2.01. The first-order valence-electron chi connectivity index (χ1n) is 5.61. The van der Waals surface area contributed by atoms with Gasteiger partial charge in [-0.3, -0.25) is 0 Å². The molecule has 0 saturated heterocycles. The summed E-state index contributed by atoms with van der Waals surface area (Å²) >= 11 is 0. The first-order chi connectivity index (χ1) is 7.70. The summed E-state index contributed by atoms with van der Waals surface area (Å²) in [4.78, 5) is 0. The molecule has 3 heteroatoms. The van der Waals surface area contributed by atoms with Gasteiger partial charge in [0.25, 0.3) is 0 Å². The van der Waals surface area contributed by atoms with E-state index in [1.165, 1.54) is 18.8 Å². The second-order valence-corrected chi connectivity index (χ2v) is 4.06. The maximum atomic E-state index is 12.0. The van der Waals surface area contributed by atoms with Crippen LogP contribution in [0.1, 0.15) is 31.7 Å². The molecule has 1 nitrogen and oxygen atoms in total. The number of halogens is 2. The quantitative estimate of drug-likeness (QED) is 0.735. The van der Waals surface area contributed by atoms with E-state index in [4.69, 9.17) is 0 Å². The van der Waals surface area contributed by atoms with Gasteiger partial charge in [0.2, 0.25) is 0 Å². The first kappa shape index (κ1) is 11.4. The summed E-state index contributed by atoms with van der Waals surface area (Å²) < 4.78 is 28.2. The van der Waals surface area contributed by atoms with Crippen LogP contribution in [0.3, 0.4) is 0 Å². The fraction of sp³-hybridized carbons (Fsp3) is 0.462. The lowest BCUT2D eigenvalue weighted by Crippen LogP contribution is -2.03. The van der Waals surface area contributed by atoms with Crippen molar-refractivity contribution in [3.63, 3.8) is 0 Å². The second-order valence-electron chi connectivity index (χ2n) is 4.06. The van der Waals surface area contributed by atoms with E-state index < -0.39 is 6.61 Å². The molecule has 1 fully saturated rings. The monoisotopic (exact) mass is 225 g/mol. The van der Waals surface area contributed by atoms with Gasteiger partial charge in [-0.05, 0) is 42.9 Å². The molecule has 0 spiro atoms. The van der Waals surface area contributed by atoms with Gasteiger partial charge >= 0.3 is 6.61 Å². The zero-order valence-corrected chi connectivity index (χ0v) is 9.25. The predicted octanol–water partition coefficient (Wildman–Crippen LogP) is 4.03. The molecule has 0 N–H and O–H groups in total.